The minimum Gasteiger partial charge on any atom is -0.395 e. The Bertz CT molecular complexity index is 822. The fourth-order valence-electron chi connectivity index (χ4n) is 3.82. The van der Waals surface area contributed by atoms with Crippen molar-refractivity contribution in [3.8, 4) is 5.69 Å². The van der Waals surface area contributed by atoms with Gasteiger partial charge in [-0.2, -0.15) is 0 Å². The molecule has 4 atom stereocenters. The predicted molar refractivity (Wildman–Crippen MR) is 112 cm³/mol. The molecular formula is C19H29N7O5. The van der Waals surface area contributed by atoms with Crippen molar-refractivity contribution in [2.75, 3.05) is 31.6 Å². The van der Waals surface area contributed by atoms with Crippen LogP contribution in [0.3, 0.4) is 0 Å². The van der Waals surface area contributed by atoms with Gasteiger partial charge in [-0.3, -0.25) is 4.90 Å². The maximum atomic E-state index is 11.2. The molecule has 31 heavy (non-hydrogen) atoms. The molecule has 12 heteroatoms. The maximum absolute atomic E-state index is 11.2. The van der Waals surface area contributed by atoms with Gasteiger partial charge >= 0.3 is 0 Å². The number of nitrogens with zero attached hydrogens (tertiary/aromatic N) is 6. The van der Waals surface area contributed by atoms with Crippen LogP contribution in [0.2, 0.25) is 0 Å². The van der Waals surface area contributed by atoms with Gasteiger partial charge in [0.05, 0.1) is 30.1 Å². The molecule has 1 aromatic carbocycles. The number of aromatic nitrogens is 4. The number of benzene rings is 1. The normalized spacial score (nSPS) is 24.3. The van der Waals surface area contributed by atoms with E-state index in [4.69, 9.17) is 0 Å². The van der Waals surface area contributed by atoms with Gasteiger partial charge in [-0.1, -0.05) is 12.8 Å². The van der Waals surface area contributed by atoms with Crippen LogP contribution in [0.1, 0.15) is 25.7 Å². The molecule has 1 saturated heterocycles. The fourth-order valence-corrected chi connectivity index (χ4v) is 3.82. The van der Waals surface area contributed by atoms with E-state index in [1.54, 1.807) is 18.2 Å². The van der Waals surface area contributed by atoms with E-state index in [0.29, 0.717) is 24.5 Å². The number of unbranched alkanes of at least 4 members (excludes halogenated alkanes) is 3. The first-order chi connectivity index (χ1) is 15.0. The second kappa shape index (κ2) is 11.2. The van der Waals surface area contributed by atoms with Crippen molar-refractivity contribution in [2.24, 2.45) is 5.18 Å². The molecule has 1 aliphatic heterocycles. The van der Waals surface area contributed by atoms with Crippen molar-refractivity contribution >= 4 is 11.4 Å². The number of likely N-dealkylation sites (tertiary alicyclic amines) is 1. The largest absolute Gasteiger partial charge is 0.395 e. The molecular weight excluding hydrogens is 406 g/mol. The molecule has 0 unspecified atom stereocenters. The summed E-state index contributed by atoms with van der Waals surface area (Å²) in [5.41, 5.74) is 1.58. The number of piperidine rings is 1. The molecule has 12 nitrogen and oxygen atoms in total. The Morgan fingerprint density at radius 1 is 1.13 bits per heavy atom. The van der Waals surface area contributed by atoms with E-state index < -0.39 is 24.4 Å². The van der Waals surface area contributed by atoms with Gasteiger partial charge in [0.1, 0.15) is 24.2 Å². The van der Waals surface area contributed by atoms with Crippen LogP contribution in [0.25, 0.3) is 5.69 Å². The predicted octanol–water partition coefficient (Wildman–Crippen LogP) is -0.208. The number of nitroso groups, excluding NO2 is 1. The number of aliphatic hydroxyl groups excluding tert-OH is 4. The van der Waals surface area contributed by atoms with Crippen LogP contribution in [0.4, 0.5) is 11.4 Å². The highest BCUT2D eigenvalue weighted by Gasteiger charge is 2.40. The number of aliphatic hydroxyl groups is 4. The molecule has 1 aromatic heterocycles. The molecule has 2 aromatic rings. The fraction of sp³-hybridized carbons (Fsp3) is 0.632. The highest BCUT2D eigenvalue weighted by atomic mass is 16.4. The van der Waals surface area contributed by atoms with Crippen molar-refractivity contribution in [3.05, 3.63) is 29.4 Å². The van der Waals surface area contributed by atoms with E-state index in [1.807, 2.05) is 4.90 Å². The topological polar surface area (TPSA) is 169 Å². The van der Waals surface area contributed by atoms with E-state index in [9.17, 15) is 25.3 Å². The first-order valence-electron chi connectivity index (χ1n) is 10.4. The van der Waals surface area contributed by atoms with Gasteiger partial charge in [0, 0.05) is 13.1 Å². The number of β-amino-alcohol motifs (C(OH)–C–C–N with tert-alkyl or cyclic N) is 1. The second-order valence-corrected chi connectivity index (χ2v) is 7.68. The number of tetrazole rings is 1. The summed E-state index contributed by atoms with van der Waals surface area (Å²) in [6, 6.07) is 4.61. The lowest BCUT2D eigenvalue weighted by Gasteiger charge is -2.43. The van der Waals surface area contributed by atoms with Crippen LogP contribution in [0, 0.1) is 4.91 Å². The maximum Gasteiger partial charge on any atom is 0.143 e. The van der Waals surface area contributed by atoms with Crippen LogP contribution in [0.15, 0.2) is 29.7 Å². The number of rotatable bonds is 11. The summed E-state index contributed by atoms with van der Waals surface area (Å²) >= 11 is 0. The van der Waals surface area contributed by atoms with Crippen molar-refractivity contribution in [3.63, 3.8) is 0 Å². The van der Waals surface area contributed by atoms with Crippen molar-refractivity contribution in [1.82, 2.24) is 25.1 Å². The number of nitrogens with one attached hydrogen (secondary N) is 1. The van der Waals surface area contributed by atoms with Gasteiger partial charge in [0.2, 0.25) is 0 Å². The van der Waals surface area contributed by atoms with Gasteiger partial charge in [0.15, 0.2) is 0 Å². The van der Waals surface area contributed by atoms with Gasteiger partial charge in [-0.15, -0.1) is 10.0 Å². The SMILES string of the molecule is O=Nc1cc(-n2cnnn2)ccc1NCCCCCCN1C[C@H](O)[C@@H](O)[C@H](O)[C@H]1CO. The van der Waals surface area contributed by atoms with E-state index in [1.165, 1.54) is 11.0 Å². The smallest absolute Gasteiger partial charge is 0.143 e. The molecule has 170 valence electrons. The molecule has 1 aliphatic rings. The summed E-state index contributed by atoms with van der Waals surface area (Å²) in [7, 11) is 0. The zero-order valence-electron chi connectivity index (χ0n) is 17.2. The second-order valence-electron chi connectivity index (χ2n) is 7.68. The lowest BCUT2D eigenvalue weighted by Crippen LogP contribution is -2.62. The molecule has 3 rings (SSSR count). The first-order valence-corrected chi connectivity index (χ1v) is 10.4. The molecule has 0 aliphatic carbocycles. The Kier molecular flexibility index (Phi) is 8.37. The third-order valence-corrected chi connectivity index (χ3v) is 5.60. The minimum atomic E-state index is -1.23. The summed E-state index contributed by atoms with van der Waals surface area (Å²) in [6.07, 6.45) is 1.64. The Balaban J connectivity index is 1.37. The summed E-state index contributed by atoms with van der Waals surface area (Å²) in [5.74, 6) is 0. The van der Waals surface area contributed by atoms with E-state index in [0.717, 1.165) is 25.7 Å². The zero-order valence-corrected chi connectivity index (χ0v) is 17.2. The van der Waals surface area contributed by atoms with E-state index >= 15 is 0 Å². The van der Waals surface area contributed by atoms with Gasteiger partial charge in [-0.05, 0) is 53.2 Å². The molecule has 5 N–H and O–H groups in total. The van der Waals surface area contributed by atoms with Crippen LogP contribution in [0.5, 0.6) is 0 Å². The first kappa shape index (κ1) is 23.2. The summed E-state index contributed by atoms with van der Waals surface area (Å²) in [4.78, 5) is 13.0. The number of hydrogen-bond donors (Lipinski definition) is 5. The highest BCUT2D eigenvalue weighted by molar-refractivity contribution is 5.68. The summed E-state index contributed by atoms with van der Waals surface area (Å²) in [5, 5.41) is 56.3. The molecule has 0 bridgehead atoms. The van der Waals surface area contributed by atoms with Gasteiger partial charge < -0.3 is 25.7 Å². The number of hydrogen-bond acceptors (Lipinski definition) is 11. The molecule has 0 spiro atoms. The Hall–Kier alpha value is -2.51. The molecule has 0 saturated carbocycles. The van der Waals surface area contributed by atoms with Crippen LogP contribution >= 0.6 is 0 Å². The Labute approximate surface area is 179 Å². The zero-order chi connectivity index (χ0) is 22.2. The number of anilines is 1. The lowest BCUT2D eigenvalue weighted by molar-refractivity contribution is -0.145. The van der Waals surface area contributed by atoms with Crippen LogP contribution < -0.4 is 5.32 Å². The van der Waals surface area contributed by atoms with E-state index in [2.05, 4.69) is 26.0 Å². The van der Waals surface area contributed by atoms with Crippen LogP contribution in [-0.4, -0.2) is 96.1 Å². The Morgan fingerprint density at radius 2 is 1.94 bits per heavy atom. The third kappa shape index (κ3) is 5.80. The monoisotopic (exact) mass is 435 g/mol. The molecule has 2 heterocycles. The Morgan fingerprint density at radius 3 is 2.65 bits per heavy atom. The van der Waals surface area contributed by atoms with Crippen molar-refractivity contribution < 1.29 is 20.4 Å². The van der Waals surface area contributed by atoms with Gasteiger partial charge in [-0.25, -0.2) is 4.68 Å². The molecule has 1 fully saturated rings. The van der Waals surface area contributed by atoms with Crippen LogP contribution in [-0.2, 0) is 0 Å². The molecule has 0 amide bonds. The standard InChI is InChI=1S/C19H29N7O5/c27-11-16-18(29)19(30)17(28)10-25(16)8-4-2-1-3-7-20-14-6-5-13(9-15(14)22-31)26-12-21-23-24-26/h5-6,9,12,16-20,27-30H,1-4,7-8,10-11H2/t16-,17+,18-,19-/m1/s1. The average molecular weight is 435 g/mol. The van der Waals surface area contributed by atoms with E-state index in [-0.39, 0.29) is 18.8 Å². The lowest BCUT2D eigenvalue weighted by atomic mass is 9.94. The minimum absolute atomic E-state index is 0.229. The van der Waals surface area contributed by atoms with Crippen molar-refractivity contribution in [1.29, 1.82) is 0 Å². The third-order valence-electron chi connectivity index (χ3n) is 5.60. The quantitative estimate of drug-likeness (QED) is 0.235. The average Bonchev–Trinajstić information content (AvgIpc) is 3.32. The highest BCUT2D eigenvalue weighted by Crippen LogP contribution is 2.27. The van der Waals surface area contributed by atoms with Crippen molar-refractivity contribution in [2.45, 2.75) is 50.0 Å². The van der Waals surface area contributed by atoms with Gasteiger partial charge in [0.25, 0.3) is 0 Å². The molecule has 0 radical (unpaired) electrons. The summed E-state index contributed by atoms with van der Waals surface area (Å²) in [6.45, 7) is 1.26. The summed E-state index contributed by atoms with van der Waals surface area (Å²) < 4.78 is 1.45.